The number of nitrogens with one attached hydrogen (secondary N) is 1. The monoisotopic (exact) mass is 494 g/mol. The largest absolute Gasteiger partial charge is 0.492 e. The standard InChI is InChI=1S/C28H34N2O4S/c1-5-22-11-9-10-14-26(22)30(35(32,33)25-12-7-6-8-13-25)21-27(31)29-19-20-34-24-17-15-23(16-18-24)28(2,3)4/h6-18H,5,19-21H2,1-4H3,(H,29,31). The van der Waals surface area contributed by atoms with Gasteiger partial charge in [-0.15, -0.1) is 0 Å². The van der Waals surface area contributed by atoms with Crippen molar-refractivity contribution in [1.29, 1.82) is 0 Å². The molecule has 0 aromatic heterocycles. The van der Waals surface area contributed by atoms with E-state index >= 15 is 0 Å². The first kappa shape index (κ1) is 26.3. The number of amides is 1. The molecular formula is C28H34N2O4S. The number of aryl methyl sites for hydroxylation is 1. The summed E-state index contributed by atoms with van der Waals surface area (Å²) in [5, 5.41) is 2.78. The van der Waals surface area contributed by atoms with Crippen LogP contribution < -0.4 is 14.4 Å². The molecule has 0 aliphatic heterocycles. The van der Waals surface area contributed by atoms with Crippen molar-refractivity contribution in [3.63, 3.8) is 0 Å². The molecule has 1 N–H and O–H groups in total. The van der Waals surface area contributed by atoms with Crippen LogP contribution in [0, 0.1) is 0 Å². The van der Waals surface area contributed by atoms with Crippen LogP contribution in [-0.2, 0) is 26.7 Å². The molecule has 186 valence electrons. The molecule has 0 saturated carbocycles. The van der Waals surface area contributed by atoms with E-state index in [9.17, 15) is 13.2 Å². The summed E-state index contributed by atoms with van der Waals surface area (Å²) in [5.41, 5.74) is 2.63. The number of carbonyl (C=O) groups excluding carboxylic acids is 1. The fraction of sp³-hybridized carbons (Fsp3) is 0.321. The van der Waals surface area contributed by atoms with E-state index in [1.165, 1.54) is 22.0 Å². The van der Waals surface area contributed by atoms with Crippen molar-refractivity contribution in [2.75, 3.05) is 24.0 Å². The molecule has 0 unspecified atom stereocenters. The van der Waals surface area contributed by atoms with Gasteiger partial charge in [-0.2, -0.15) is 0 Å². The van der Waals surface area contributed by atoms with Crippen molar-refractivity contribution in [3.8, 4) is 5.75 Å². The first-order valence-electron chi connectivity index (χ1n) is 11.8. The third-order valence-corrected chi connectivity index (χ3v) is 7.45. The molecule has 35 heavy (non-hydrogen) atoms. The zero-order chi connectivity index (χ0) is 25.5. The van der Waals surface area contributed by atoms with E-state index in [0.29, 0.717) is 12.1 Å². The Bertz CT molecular complexity index is 1220. The predicted octanol–water partition coefficient (Wildman–Crippen LogP) is 4.94. The molecule has 0 atom stereocenters. The molecule has 0 spiro atoms. The maximum Gasteiger partial charge on any atom is 0.264 e. The summed E-state index contributed by atoms with van der Waals surface area (Å²) in [4.78, 5) is 12.9. The second-order valence-electron chi connectivity index (χ2n) is 9.28. The van der Waals surface area contributed by atoms with E-state index < -0.39 is 15.9 Å². The van der Waals surface area contributed by atoms with Crippen molar-refractivity contribution in [2.45, 2.75) is 44.4 Å². The highest BCUT2D eigenvalue weighted by Gasteiger charge is 2.28. The number of ether oxygens (including phenoxy) is 1. The molecule has 3 aromatic rings. The minimum Gasteiger partial charge on any atom is -0.492 e. The highest BCUT2D eigenvalue weighted by atomic mass is 32.2. The van der Waals surface area contributed by atoms with Gasteiger partial charge in [-0.25, -0.2) is 8.42 Å². The Morgan fingerprint density at radius 3 is 2.17 bits per heavy atom. The first-order valence-corrected chi connectivity index (χ1v) is 13.2. The third kappa shape index (κ3) is 6.85. The molecule has 0 bridgehead atoms. The van der Waals surface area contributed by atoms with Crippen molar-refractivity contribution in [3.05, 3.63) is 90.0 Å². The quantitative estimate of drug-likeness (QED) is 0.405. The summed E-state index contributed by atoms with van der Waals surface area (Å²) in [6, 6.07) is 23.3. The second-order valence-corrected chi connectivity index (χ2v) is 11.1. The Balaban J connectivity index is 1.67. The summed E-state index contributed by atoms with van der Waals surface area (Å²) in [6.45, 7) is 8.62. The van der Waals surface area contributed by atoms with Crippen LogP contribution in [0.4, 0.5) is 5.69 Å². The first-order chi connectivity index (χ1) is 16.6. The molecule has 0 saturated heterocycles. The van der Waals surface area contributed by atoms with E-state index in [1.54, 1.807) is 30.3 Å². The summed E-state index contributed by atoms with van der Waals surface area (Å²) < 4.78 is 33.9. The van der Waals surface area contributed by atoms with E-state index in [4.69, 9.17) is 4.74 Å². The molecule has 6 nitrogen and oxygen atoms in total. The van der Waals surface area contributed by atoms with Gasteiger partial charge in [-0.05, 0) is 53.3 Å². The van der Waals surface area contributed by atoms with Gasteiger partial charge in [0.05, 0.1) is 17.1 Å². The Morgan fingerprint density at radius 2 is 1.54 bits per heavy atom. The van der Waals surface area contributed by atoms with Crippen LogP contribution >= 0.6 is 0 Å². The van der Waals surface area contributed by atoms with Crippen LogP contribution in [0.3, 0.4) is 0 Å². The summed E-state index contributed by atoms with van der Waals surface area (Å²) in [7, 11) is -3.93. The maximum absolute atomic E-state index is 13.5. The van der Waals surface area contributed by atoms with Gasteiger partial charge in [0.1, 0.15) is 18.9 Å². The van der Waals surface area contributed by atoms with Gasteiger partial charge in [0.2, 0.25) is 5.91 Å². The molecule has 7 heteroatoms. The lowest BCUT2D eigenvalue weighted by Crippen LogP contribution is -2.42. The number of benzene rings is 3. The Labute approximate surface area is 209 Å². The zero-order valence-corrected chi connectivity index (χ0v) is 21.6. The minimum atomic E-state index is -3.93. The summed E-state index contributed by atoms with van der Waals surface area (Å²) >= 11 is 0. The highest BCUT2D eigenvalue weighted by molar-refractivity contribution is 7.92. The highest BCUT2D eigenvalue weighted by Crippen LogP contribution is 2.27. The van der Waals surface area contributed by atoms with Gasteiger partial charge in [-0.3, -0.25) is 9.10 Å². The molecule has 0 fully saturated rings. The lowest BCUT2D eigenvalue weighted by atomic mass is 9.87. The van der Waals surface area contributed by atoms with Gasteiger partial charge in [0, 0.05) is 0 Å². The van der Waals surface area contributed by atoms with Crippen LogP contribution in [0.15, 0.2) is 83.8 Å². The van der Waals surface area contributed by atoms with E-state index in [2.05, 4.69) is 26.1 Å². The number of carbonyl (C=O) groups is 1. The SMILES string of the molecule is CCc1ccccc1N(CC(=O)NCCOc1ccc(C(C)(C)C)cc1)S(=O)(=O)c1ccccc1. The van der Waals surface area contributed by atoms with Crippen molar-refractivity contribution < 1.29 is 17.9 Å². The summed E-state index contributed by atoms with van der Waals surface area (Å²) in [5.74, 6) is 0.319. The number of hydrogen-bond acceptors (Lipinski definition) is 4. The van der Waals surface area contributed by atoms with Crippen LogP contribution in [0.1, 0.15) is 38.8 Å². The molecule has 3 rings (SSSR count). The maximum atomic E-state index is 13.5. The van der Waals surface area contributed by atoms with Crippen LogP contribution in [0.2, 0.25) is 0 Å². The van der Waals surface area contributed by atoms with Crippen molar-refractivity contribution in [2.24, 2.45) is 0 Å². The van der Waals surface area contributed by atoms with Crippen LogP contribution in [0.25, 0.3) is 0 Å². The average molecular weight is 495 g/mol. The number of rotatable bonds is 10. The van der Waals surface area contributed by atoms with Gasteiger partial charge < -0.3 is 10.1 Å². The smallest absolute Gasteiger partial charge is 0.264 e. The molecule has 0 heterocycles. The lowest BCUT2D eigenvalue weighted by molar-refractivity contribution is -0.119. The van der Waals surface area contributed by atoms with Gasteiger partial charge >= 0.3 is 0 Å². The topological polar surface area (TPSA) is 75.7 Å². The number of hydrogen-bond donors (Lipinski definition) is 1. The van der Waals surface area contributed by atoms with Crippen molar-refractivity contribution in [1.82, 2.24) is 5.32 Å². The fourth-order valence-corrected chi connectivity index (χ4v) is 5.15. The third-order valence-electron chi connectivity index (χ3n) is 5.67. The van der Waals surface area contributed by atoms with E-state index in [-0.39, 0.29) is 30.0 Å². The van der Waals surface area contributed by atoms with Gasteiger partial charge in [0.15, 0.2) is 0 Å². The Morgan fingerprint density at radius 1 is 0.914 bits per heavy atom. The molecule has 3 aromatic carbocycles. The number of anilines is 1. The van der Waals surface area contributed by atoms with E-state index in [0.717, 1.165) is 11.3 Å². The predicted molar refractivity (Wildman–Crippen MR) is 140 cm³/mol. The molecule has 1 amide bonds. The molecular weight excluding hydrogens is 460 g/mol. The number of para-hydroxylation sites is 1. The zero-order valence-electron chi connectivity index (χ0n) is 20.8. The van der Waals surface area contributed by atoms with Gasteiger partial charge in [-0.1, -0.05) is 76.2 Å². The van der Waals surface area contributed by atoms with Crippen LogP contribution in [-0.4, -0.2) is 34.0 Å². The molecule has 0 aliphatic carbocycles. The Kier molecular flexibility index (Phi) is 8.57. The summed E-state index contributed by atoms with van der Waals surface area (Å²) in [6.07, 6.45) is 0.639. The van der Waals surface area contributed by atoms with Gasteiger partial charge in [0.25, 0.3) is 10.0 Å². The fourth-order valence-electron chi connectivity index (χ4n) is 3.67. The molecule has 0 aliphatic rings. The number of sulfonamides is 1. The normalized spacial score (nSPS) is 11.7. The van der Waals surface area contributed by atoms with E-state index in [1.807, 2.05) is 43.3 Å². The number of nitrogens with zero attached hydrogens (tertiary/aromatic N) is 1. The molecule has 0 radical (unpaired) electrons. The minimum absolute atomic E-state index is 0.0643. The average Bonchev–Trinajstić information content (AvgIpc) is 2.85. The Hall–Kier alpha value is -3.32. The van der Waals surface area contributed by atoms with Crippen LogP contribution in [0.5, 0.6) is 5.75 Å². The second kappa shape index (κ2) is 11.4. The van der Waals surface area contributed by atoms with Crippen molar-refractivity contribution >= 4 is 21.6 Å². The lowest BCUT2D eigenvalue weighted by Gasteiger charge is -2.26.